The third-order valence-electron chi connectivity index (χ3n) is 5.37. The number of nitrogens with one attached hydrogen (secondary N) is 1. The van der Waals surface area contributed by atoms with E-state index in [2.05, 4.69) is 15.3 Å². The average Bonchev–Trinajstić information content (AvgIpc) is 3.25. The van der Waals surface area contributed by atoms with Gasteiger partial charge in [0.2, 0.25) is 5.95 Å². The van der Waals surface area contributed by atoms with Crippen molar-refractivity contribution < 1.29 is 17.6 Å². The third kappa shape index (κ3) is 4.89. The fourth-order valence-electron chi connectivity index (χ4n) is 3.36. The number of benzene rings is 2. The van der Waals surface area contributed by atoms with Gasteiger partial charge >= 0.3 is 6.18 Å². The summed E-state index contributed by atoms with van der Waals surface area (Å²) < 4.78 is 51.7. The largest absolute Gasteiger partial charge is 0.416 e. The first kappa shape index (κ1) is 22.2. The lowest BCUT2D eigenvalue weighted by atomic mass is 9.93. The van der Waals surface area contributed by atoms with Gasteiger partial charge in [0, 0.05) is 36.4 Å². The van der Waals surface area contributed by atoms with Gasteiger partial charge in [0.05, 0.1) is 10.4 Å². The summed E-state index contributed by atoms with van der Waals surface area (Å²) >= 11 is 1.44. The van der Waals surface area contributed by atoms with Crippen LogP contribution in [0.15, 0.2) is 60.9 Å². The van der Waals surface area contributed by atoms with E-state index in [1.165, 1.54) is 35.7 Å². The van der Waals surface area contributed by atoms with Crippen molar-refractivity contribution in [1.82, 2.24) is 9.97 Å². The minimum Gasteiger partial charge on any atom is -0.360 e. The summed E-state index contributed by atoms with van der Waals surface area (Å²) in [4.78, 5) is 8.94. The maximum absolute atomic E-state index is 13.4. The van der Waals surface area contributed by atoms with Crippen LogP contribution in [0.4, 0.5) is 22.7 Å². The van der Waals surface area contributed by atoms with Crippen LogP contribution in [0.1, 0.15) is 24.0 Å². The Balaban J connectivity index is 1.40. The van der Waals surface area contributed by atoms with Crippen molar-refractivity contribution in [3.8, 4) is 10.4 Å². The number of alkyl halides is 3. The molecule has 0 aliphatic carbocycles. The van der Waals surface area contributed by atoms with Crippen molar-refractivity contribution in [2.24, 2.45) is 5.73 Å². The molecule has 2 aromatic carbocycles. The summed E-state index contributed by atoms with van der Waals surface area (Å²) in [6.45, 7) is 2.29. The van der Waals surface area contributed by atoms with Crippen LogP contribution < -0.4 is 11.1 Å². The predicted octanol–water partition coefficient (Wildman–Crippen LogP) is 6.06. The average molecular weight is 461 g/mol. The summed E-state index contributed by atoms with van der Waals surface area (Å²) in [7, 11) is 0. The lowest BCUT2D eigenvalue weighted by molar-refractivity contribution is -0.137. The molecule has 32 heavy (non-hydrogen) atoms. The zero-order chi connectivity index (χ0) is 22.9. The van der Waals surface area contributed by atoms with Gasteiger partial charge in [0.15, 0.2) is 5.13 Å². The van der Waals surface area contributed by atoms with Crippen LogP contribution in [-0.2, 0) is 6.18 Å². The first-order chi connectivity index (χ1) is 15.2. The Labute approximate surface area is 186 Å². The first-order valence-corrected chi connectivity index (χ1v) is 10.7. The molecule has 0 aliphatic rings. The zero-order valence-corrected chi connectivity index (χ0v) is 17.8. The van der Waals surface area contributed by atoms with E-state index in [1.807, 2.05) is 25.1 Å². The van der Waals surface area contributed by atoms with Crippen molar-refractivity contribution >= 4 is 27.2 Å². The van der Waals surface area contributed by atoms with Crippen LogP contribution in [0.2, 0.25) is 0 Å². The Morgan fingerprint density at radius 2 is 1.75 bits per heavy atom. The highest BCUT2D eigenvalue weighted by atomic mass is 32.1. The van der Waals surface area contributed by atoms with Gasteiger partial charge in [-0.25, -0.2) is 9.97 Å². The number of fused-ring (bicyclic) bond motifs is 1. The van der Waals surface area contributed by atoms with E-state index in [-0.39, 0.29) is 12.0 Å². The Morgan fingerprint density at radius 1 is 1.00 bits per heavy atom. The lowest BCUT2D eigenvalue weighted by Crippen LogP contribution is -2.34. The second kappa shape index (κ2) is 8.84. The maximum atomic E-state index is 13.4. The van der Waals surface area contributed by atoms with Gasteiger partial charge in [0.25, 0.3) is 0 Å². The minimum atomic E-state index is -4.36. The second-order valence-electron chi connectivity index (χ2n) is 7.55. The van der Waals surface area contributed by atoms with Gasteiger partial charge in [-0.3, -0.25) is 0 Å². The highest BCUT2D eigenvalue weighted by Crippen LogP contribution is 2.32. The monoisotopic (exact) mass is 460 g/mol. The van der Waals surface area contributed by atoms with E-state index in [0.29, 0.717) is 11.7 Å². The number of hydrogen-bond acceptors (Lipinski definition) is 5. The molecule has 2 heterocycles. The van der Waals surface area contributed by atoms with Crippen molar-refractivity contribution in [3.05, 3.63) is 78.0 Å². The molecule has 0 saturated heterocycles. The van der Waals surface area contributed by atoms with Crippen LogP contribution >= 0.6 is 11.3 Å². The van der Waals surface area contributed by atoms with Crippen LogP contribution in [0, 0.1) is 5.95 Å². The van der Waals surface area contributed by atoms with E-state index in [9.17, 15) is 17.6 Å². The molecule has 0 amide bonds. The lowest BCUT2D eigenvalue weighted by Gasteiger charge is -2.21. The smallest absolute Gasteiger partial charge is 0.360 e. The molecule has 0 radical (unpaired) electrons. The molecule has 4 aromatic rings. The highest BCUT2D eigenvalue weighted by Gasteiger charge is 2.30. The number of nitrogens with zero attached hydrogens (tertiary/aromatic N) is 2. The van der Waals surface area contributed by atoms with E-state index in [4.69, 9.17) is 5.73 Å². The Hall–Kier alpha value is -3.04. The topological polar surface area (TPSA) is 63.8 Å². The van der Waals surface area contributed by atoms with Gasteiger partial charge in [0.1, 0.15) is 0 Å². The molecule has 4 nitrogen and oxygen atoms in total. The van der Waals surface area contributed by atoms with E-state index >= 15 is 0 Å². The molecule has 2 aromatic heterocycles. The third-order valence-corrected chi connectivity index (χ3v) is 6.38. The maximum Gasteiger partial charge on any atom is 0.416 e. The molecular formula is C23H20F4N4S. The number of pyridine rings is 1. The van der Waals surface area contributed by atoms with Crippen molar-refractivity contribution in [1.29, 1.82) is 0 Å². The van der Waals surface area contributed by atoms with Gasteiger partial charge in [-0.15, -0.1) is 0 Å². The number of anilines is 1. The summed E-state index contributed by atoms with van der Waals surface area (Å²) in [5.74, 6) is -0.675. The molecule has 9 heteroatoms. The van der Waals surface area contributed by atoms with Crippen LogP contribution in [-0.4, -0.2) is 22.6 Å². The fourth-order valence-corrected chi connectivity index (χ4v) is 4.18. The number of aromatic nitrogens is 2. The molecule has 0 fully saturated rings. The molecule has 0 spiro atoms. The SMILES string of the molecule is C[C@@H](c1ccc(C(F)(F)F)cc1)[C@@H](N)CNc1ncc(-c2ccc3cnc(F)cc3c2)s1. The van der Waals surface area contributed by atoms with Gasteiger partial charge in [-0.2, -0.15) is 17.6 Å². The normalized spacial score (nSPS) is 13.8. The van der Waals surface area contributed by atoms with E-state index < -0.39 is 17.7 Å². The number of halogens is 4. The second-order valence-corrected chi connectivity index (χ2v) is 8.58. The molecule has 3 N–H and O–H groups in total. The molecule has 4 rings (SSSR count). The summed E-state index contributed by atoms with van der Waals surface area (Å²) in [6, 6.07) is 11.8. The Kier molecular flexibility index (Phi) is 6.12. The minimum absolute atomic E-state index is 0.145. The van der Waals surface area contributed by atoms with E-state index in [0.717, 1.165) is 38.9 Å². The molecular weight excluding hydrogens is 440 g/mol. The van der Waals surface area contributed by atoms with Crippen LogP contribution in [0.5, 0.6) is 0 Å². The number of hydrogen-bond donors (Lipinski definition) is 2. The van der Waals surface area contributed by atoms with Gasteiger partial charge < -0.3 is 11.1 Å². The number of nitrogens with two attached hydrogens (primary N) is 1. The van der Waals surface area contributed by atoms with Crippen molar-refractivity contribution in [3.63, 3.8) is 0 Å². The van der Waals surface area contributed by atoms with Crippen LogP contribution in [0.3, 0.4) is 0 Å². The van der Waals surface area contributed by atoms with Gasteiger partial charge in [-0.1, -0.05) is 42.5 Å². The first-order valence-electron chi connectivity index (χ1n) is 9.89. The summed E-state index contributed by atoms with van der Waals surface area (Å²) in [5.41, 5.74) is 7.24. The summed E-state index contributed by atoms with van der Waals surface area (Å²) in [6.07, 6.45) is -1.13. The number of thiazole rings is 1. The van der Waals surface area contributed by atoms with Crippen molar-refractivity contribution in [2.75, 3.05) is 11.9 Å². The van der Waals surface area contributed by atoms with E-state index in [1.54, 1.807) is 6.20 Å². The van der Waals surface area contributed by atoms with Crippen molar-refractivity contribution in [2.45, 2.75) is 25.1 Å². The molecule has 0 bridgehead atoms. The summed E-state index contributed by atoms with van der Waals surface area (Å²) in [5, 5.41) is 5.48. The van der Waals surface area contributed by atoms with Gasteiger partial charge in [-0.05, 0) is 40.6 Å². The highest BCUT2D eigenvalue weighted by molar-refractivity contribution is 7.18. The fraction of sp³-hybridized carbons (Fsp3) is 0.217. The predicted molar refractivity (Wildman–Crippen MR) is 119 cm³/mol. The standard InChI is InChI=1S/C23H20F4N4S/c1-13(14-4-6-18(7-5-14)23(25,26)27)19(28)11-30-22-31-12-20(32-22)15-2-3-16-10-29-21(24)9-17(16)8-15/h2-10,12-13,19H,11,28H2,1H3,(H,30,31)/t13-,19-/m0/s1. The van der Waals surface area contributed by atoms with Crippen LogP contribution in [0.25, 0.3) is 21.2 Å². The molecule has 0 aliphatic heterocycles. The Morgan fingerprint density at radius 3 is 2.47 bits per heavy atom. The zero-order valence-electron chi connectivity index (χ0n) is 17.0. The quantitative estimate of drug-likeness (QED) is 0.271. The molecule has 0 saturated carbocycles. The number of rotatable bonds is 6. The molecule has 0 unspecified atom stereocenters. The Bertz CT molecular complexity index is 1220. The molecule has 166 valence electrons. The molecule has 2 atom stereocenters.